The van der Waals surface area contributed by atoms with Crippen LogP contribution in [0, 0.1) is 5.82 Å². The Hall–Kier alpha value is -3.58. The largest absolute Gasteiger partial charge is 0.436 e. The van der Waals surface area contributed by atoms with Crippen LogP contribution in [0.1, 0.15) is 10.4 Å². The molecule has 0 aliphatic heterocycles. The number of thiocarbonyl (C=S) groups is 1. The number of hydrogen-bond donors (Lipinski definition) is 2. The highest BCUT2D eigenvalue weighted by molar-refractivity contribution is 7.80. The summed E-state index contributed by atoms with van der Waals surface area (Å²) in [4.78, 5) is 16.6. The topological polar surface area (TPSA) is 67.2 Å². The summed E-state index contributed by atoms with van der Waals surface area (Å²) in [5, 5.41) is 5.65. The first-order valence-electron chi connectivity index (χ1n) is 8.42. The van der Waals surface area contributed by atoms with Gasteiger partial charge in [0, 0.05) is 16.8 Å². The van der Waals surface area contributed by atoms with Crippen LogP contribution in [0.4, 0.5) is 10.1 Å². The highest BCUT2D eigenvalue weighted by Crippen LogP contribution is 2.26. The van der Waals surface area contributed by atoms with Gasteiger partial charge >= 0.3 is 0 Å². The third-order valence-corrected chi connectivity index (χ3v) is 4.20. The average Bonchev–Trinajstić information content (AvgIpc) is 3.13. The maximum absolute atomic E-state index is 13.0. The lowest BCUT2D eigenvalue weighted by Crippen LogP contribution is -2.34. The zero-order valence-corrected chi connectivity index (χ0v) is 15.3. The van der Waals surface area contributed by atoms with Crippen molar-refractivity contribution in [2.75, 3.05) is 5.32 Å². The lowest BCUT2D eigenvalue weighted by atomic mass is 10.2. The number of halogens is 1. The van der Waals surface area contributed by atoms with E-state index in [1.165, 1.54) is 24.3 Å². The Labute approximate surface area is 165 Å². The van der Waals surface area contributed by atoms with Crippen LogP contribution in [0.3, 0.4) is 0 Å². The number of anilines is 1. The number of nitrogens with one attached hydrogen (secondary N) is 2. The van der Waals surface area contributed by atoms with Gasteiger partial charge in [0.15, 0.2) is 10.7 Å². The first-order valence-corrected chi connectivity index (χ1v) is 8.83. The summed E-state index contributed by atoms with van der Waals surface area (Å²) in [5.41, 5.74) is 3.24. The second-order valence-electron chi connectivity index (χ2n) is 5.98. The van der Waals surface area contributed by atoms with Crippen LogP contribution in [0.15, 0.2) is 77.2 Å². The fourth-order valence-electron chi connectivity index (χ4n) is 2.66. The summed E-state index contributed by atoms with van der Waals surface area (Å²) in [6, 6.07) is 20.1. The van der Waals surface area contributed by atoms with Crippen LogP contribution in [0.2, 0.25) is 0 Å². The summed E-state index contributed by atoms with van der Waals surface area (Å²) >= 11 is 5.19. The lowest BCUT2D eigenvalue weighted by molar-refractivity contribution is 0.0977. The van der Waals surface area contributed by atoms with Gasteiger partial charge in [0.25, 0.3) is 5.91 Å². The first-order chi connectivity index (χ1) is 13.6. The molecule has 3 aromatic carbocycles. The maximum Gasteiger partial charge on any atom is 0.257 e. The van der Waals surface area contributed by atoms with Gasteiger partial charge in [-0.15, -0.1) is 0 Å². The van der Waals surface area contributed by atoms with E-state index in [1.807, 2.05) is 48.5 Å². The monoisotopic (exact) mass is 391 g/mol. The fraction of sp³-hybridized carbons (Fsp3) is 0. The molecule has 0 aliphatic carbocycles. The molecule has 0 aliphatic rings. The Morgan fingerprint density at radius 3 is 2.57 bits per heavy atom. The number of nitrogens with zero attached hydrogens (tertiary/aromatic N) is 1. The number of fused-ring (bicyclic) bond motifs is 1. The van der Waals surface area contributed by atoms with Gasteiger partial charge in [0.2, 0.25) is 5.89 Å². The molecule has 0 spiro atoms. The third kappa shape index (κ3) is 3.89. The number of rotatable bonds is 3. The normalized spacial score (nSPS) is 10.6. The molecule has 0 saturated heterocycles. The van der Waals surface area contributed by atoms with Crippen LogP contribution in [0.25, 0.3) is 22.6 Å². The van der Waals surface area contributed by atoms with Crippen molar-refractivity contribution in [2.45, 2.75) is 0 Å². The van der Waals surface area contributed by atoms with Gasteiger partial charge in [0.1, 0.15) is 11.3 Å². The minimum absolute atomic E-state index is 0.129. The van der Waals surface area contributed by atoms with E-state index in [2.05, 4.69) is 15.6 Å². The van der Waals surface area contributed by atoms with Gasteiger partial charge in [-0.2, -0.15) is 0 Å². The smallest absolute Gasteiger partial charge is 0.257 e. The summed E-state index contributed by atoms with van der Waals surface area (Å²) in [5.74, 6) is -0.341. The first kappa shape index (κ1) is 17.8. The number of benzene rings is 3. The van der Waals surface area contributed by atoms with E-state index in [9.17, 15) is 9.18 Å². The highest BCUT2D eigenvalue weighted by atomic mass is 32.1. The molecular formula is C21H14FN3O2S. The minimum atomic E-state index is -0.424. The number of hydrogen-bond acceptors (Lipinski definition) is 4. The molecule has 4 aromatic rings. The second-order valence-corrected chi connectivity index (χ2v) is 6.39. The molecule has 7 heteroatoms. The molecule has 0 fully saturated rings. The van der Waals surface area contributed by atoms with Crippen molar-refractivity contribution >= 4 is 40.0 Å². The Bertz CT molecular complexity index is 1140. The molecule has 1 heterocycles. The second kappa shape index (κ2) is 7.58. The molecule has 1 aromatic heterocycles. The zero-order chi connectivity index (χ0) is 19.5. The number of amides is 1. The minimum Gasteiger partial charge on any atom is -0.436 e. The average molecular weight is 391 g/mol. The number of carbonyl (C=O) groups is 1. The van der Waals surface area contributed by atoms with E-state index in [4.69, 9.17) is 16.6 Å². The molecule has 1 amide bonds. The van der Waals surface area contributed by atoms with Gasteiger partial charge in [-0.25, -0.2) is 9.37 Å². The standard InChI is InChI=1S/C21H14FN3O2S/c22-15-10-8-13(9-11-15)19(26)25-21(28)23-16-5-3-4-14(12-16)20-24-17-6-1-2-7-18(17)27-20/h1-12H,(H2,23,25,26,28). The number of oxazole rings is 1. The number of para-hydroxylation sites is 2. The van der Waals surface area contributed by atoms with Gasteiger partial charge < -0.3 is 9.73 Å². The molecule has 2 N–H and O–H groups in total. The zero-order valence-electron chi connectivity index (χ0n) is 14.5. The molecule has 28 heavy (non-hydrogen) atoms. The van der Waals surface area contributed by atoms with Crippen molar-refractivity contribution in [1.82, 2.24) is 10.3 Å². The Balaban J connectivity index is 1.47. The molecule has 138 valence electrons. The van der Waals surface area contributed by atoms with Crippen molar-refractivity contribution in [2.24, 2.45) is 0 Å². The van der Waals surface area contributed by atoms with Gasteiger partial charge in [-0.05, 0) is 66.8 Å². The Morgan fingerprint density at radius 1 is 1.00 bits per heavy atom. The summed E-state index contributed by atoms with van der Waals surface area (Å²) in [6.07, 6.45) is 0. The van der Waals surface area contributed by atoms with Crippen molar-refractivity contribution < 1.29 is 13.6 Å². The molecule has 0 bridgehead atoms. The lowest BCUT2D eigenvalue weighted by Gasteiger charge is -2.10. The fourth-order valence-corrected chi connectivity index (χ4v) is 2.88. The molecule has 0 saturated carbocycles. The third-order valence-electron chi connectivity index (χ3n) is 3.99. The maximum atomic E-state index is 13.0. The molecular weight excluding hydrogens is 377 g/mol. The molecule has 0 radical (unpaired) electrons. The van der Waals surface area contributed by atoms with Crippen LogP contribution in [0.5, 0.6) is 0 Å². The summed E-state index contributed by atoms with van der Waals surface area (Å²) in [7, 11) is 0. The Morgan fingerprint density at radius 2 is 1.79 bits per heavy atom. The van der Waals surface area contributed by atoms with Gasteiger partial charge in [-0.3, -0.25) is 10.1 Å². The number of carbonyl (C=O) groups excluding carboxylic acids is 1. The van der Waals surface area contributed by atoms with E-state index in [-0.39, 0.29) is 5.11 Å². The van der Waals surface area contributed by atoms with Gasteiger partial charge in [0.05, 0.1) is 0 Å². The van der Waals surface area contributed by atoms with Crippen molar-refractivity contribution in [1.29, 1.82) is 0 Å². The van der Waals surface area contributed by atoms with E-state index < -0.39 is 11.7 Å². The Kier molecular flexibility index (Phi) is 4.82. The predicted octanol–water partition coefficient (Wildman–Crippen LogP) is 4.76. The van der Waals surface area contributed by atoms with E-state index in [0.717, 1.165) is 11.1 Å². The van der Waals surface area contributed by atoms with Gasteiger partial charge in [-0.1, -0.05) is 18.2 Å². The molecule has 5 nitrogen and oxygen atoms in total. The quantitative estimate of drug-likeness (QED) is 0.493. The summed E-state index contributed by atoms with van der Waals surface area (Å²) in [6.45, 7) is 0. The molecule has 0 atom stereocenters. The van der Waals surface area contributed by atoms with Crippen molar-refractivity contribution in [3.63, 3.8) is 0 Å². The number of aromatic nitrogens is 1. The molecule has 0 unspecified atom stereocenters. The van der Waals surface area contributed by atoms with Crippen LogP contribution >= 0.6 is 12.2 Å². The van der Waals surface area contributed by atoms with Crippen LogP contribution in [-0.4, -0.2) is 16.0 Å². The van der Waals surface area contributed by atoms with Crippen LogP contribution in [-0.2, 0) is 0 Å². The van der Waals surface area contributed by atoms with Crippen molar-refractivity contribution in [3.8, 4) is 11.5 Å². The van der Waals surface area contributed by atoms with Crippen molar-refractivity contribution in [3.05, 3.63) is 84.2 Å². The van der Waals surface area contributed by atoms with E-state index >= 15 is 0 Å². The highest BCUT2D eigenvalue weighted by Gasteiger charge is 2.10. The van der Waals surface area contributed by atoms with Crippen LogP contribution < -0.4 is 10.6 Å². The van der Waals surface area contributed by atoms with E-state index in [0.29, 0.717) is 22.7 Å². The predicted molar refractivity (Wildman–Crippen MR) is 110 cm³/mol. The summed E-state index contributed by atoms with van der Waals surface area (Å²) < 4.78 is 18.7. The SMILES string of the molecule is O=C(NC(=S)Nc1cccc(-c2nc3ccccc3o2)c1)c1ccc(F)cc1. The van der Waals surface area contributed by atoms with E-state index in [1.54, 1.807) is 0 Å². The molecule has 4 rings (SSSR count).